The van der Waals surface area contributed by atoms with Crippen molar-refractivity contribution in [3.63, 3.8) is 0 Å². The summed E-state index contributed by atoms with van der Waals surface area (Å²) in [5.41, 5.74) is 2.44. The standard InChI is InChI=1S/C16H20N2O3/c1-4-20-15-13(10-17-16(18-15)21-5-2)14(19)12-8-6-11(3)7-9-12/h6-10,14,19H,4-5H2,1-3H3/t14-/m0/s1. The van der Waals surface area contributed by atoms with Gasteiger partial charge < -0.3 is 14.6 Å². The summed E-state index contributed by atoms with van der Waals surface area (Å²) in [5.74, 6) is 0.351. The van der Waals surface area contributed by atoms with Crippen molar-refractivity contribution in [1.29, 1.82) is 0 Å². The summed E-state index contributed by atoms with van der Waals surface area (Å²) in [4.78, 5) is 8.30. The molecule has 1 heterocycles. The van der Waals surface area contributed by atoms with E-state index in [9.17, 15) is 5.11 Å². The van der Waals surface area contributed by atoms with Crippen LogP contribution in [0.2, 0.25) is 0 Å². The highest BCUT2D eigenvalue weighted by Gasteiger charge is 2.18. The maximum absolute atomic E-state index is 10.5. The van der Waals surface area contributed by atoms with Gasteiger partial charge in [-0.15, -0.1) is 0 Å². The fourth-order valence-corrected chi connectivity index (χ4v) is 1.93. The predicted octanol–water partition coefficient (Wildman–Crippen LogP) is 2.66. The fourth-order valence-electron chi connectivity index (χ4n) is 1.93. The molecule has 112 valence electrons. The average Bonchev–Trinajstić information content (AvgIpc) is 2.48. The zero-order valence-electron chi connectivity index (χ0n) is 12.5. The van der Waals surface area contributed by atoms with E-state index in [1.165, 1.54) is 0 Å². The van der Waals surface area contributed by atoms with Crippen LogP contribution in [-0.2, 0) is 0 Å². The van der Waals surface area contributed by atoms with Gasteiger partial charge in [0.15, 0.2) is 0 Å². The van der Waals surface area contributed by atoms with E-state index >= 15 is 0 Å². The number of nitrogens with zero attached hydrogens (tertiary/aromatic N) is 2. The number of benzene rings is 1. The van der Waals surface area contributed by atoms with Crippen molar-refractivity contribution in [3.8, 4) is 11.9 Å². The minimum absolute atomic E-state index is 0.251. The monoisotopic (exact) mass is 288 g/mol. The molecule has 0 amide bonds. The number of aromatic nitrogens is 2. The Bertz CT molecular complexity index is 585. The SMILES string of the molecule is CCOc1ncc([C@@H](O)c2ccc(C)cc2)c(OCC)n1. The molecule has 0 aliphatic rings. The molecule has 0 aliphatic carbocycles. The molecule has 2 rings (SSSR count). The summed E-state index contributed by atoms with van der Waals surface area (Å²) < 4.78 is 10.8. The molecule has 0 fully saturated rings. The molecular formula is C16H20N2O3. The lowest BCUT2D eigenvalue weighted by Gasteiger charge is -2.15. The largest absolute Gasteiger partial charge is 0.478 e. The molecular weight excluding hydrogens is 268 g/mol. The Morgan fingerprint density at radius 3 is 2.38 bits per heavy atom. The number of ether oxygens (including phenoxy) is 2. The van der Waals surface area contributed by atoms with Gasteiger partial charge in [0, 0.05) is 6.20 Å². The van der Waals surface area contributed by atoms with Crippen LogP contribution < -0.4 is 9.47 Å². The van der Waals surface area contributed by atoms with Crippen LogP contribution in [0.1, 0.15) is 36.6 Å². The summed E-state index contributed by atoms with van der Waals surface area (Å²) in [7, 11) is 0. The quantitative estimate of drug-likeness (QED) is 0.885. The van der Waals surface area contributed by atoms with Crippen LogP contribution in [0.25, 0.3) is 0 Å². The number of aryl methyl sites for hydroxylation is 1. The minimum atomic E-state index is -0.831. The summed E-state index contributed by atoms with van der Waals surface area (Å²) in [6.07, 6.45) is 0.718. The van der Waals surface area contributed by atoms with Gasteiger partial charge in [-0.1, -0.05) is 29.8 Å². The van der Waals surface area contributed by atoms with Crippen LogP contribution in [0.4, 0.5) is 0 Å². The van der Waals surface area contributed by atoms with Crippen molar-refractivity contribution in [3.05, 3.63) is 47.2 Å². The number of hydrogen-bond acceptors (Lipinski definition) is 5. The number of aliphatic hydroxyl groups excluding tert-OH is 1. The van der Waals surface area contributed by atoms with Gasteiger partial charge in [0.1, 0.15) is 6.10 Å². The minimum Gasteiger partial charge on any atom is -0.478 e. The molecule has 1 aromatic heterocycles. The normalized spacial score (nSPS) is 12.0. The Morgan fingerprint density at radius 1 is 1.10 bits per heavy atom. The molecule has 0 radical (unpaired) electrons. The molecule has 2 aromatic rings. The second-order valence-corrected chi connectivity index (χ2v) is 4.59. The first-order chi connectivity index (χ1) is 10.2. The van der Waals surface area contributed by atoms with Crippen LogP contribution in [0.15, 0.2) is 30.5 Å². The lowest BCUT2D eigenvalue weighted by atomic mass is 10.0. The van der Waals surface area contributed by atoms with Gasteiger partial charge in [-0.2, -0.15) is 4.98 Å². The zero-order chi connectivity index (χ0) is 15.2. The third-order valence-corrected chi connectivity index (χ3v) is 3.00. The van der Waals surface area contributed by atoms with Crippen molar-refractivity contribution in [2.24, 2.45) is 0 Å². The van der Waals surface area contributed by atoms with Crippen LogP contribution in [0, 0.1) is 6.92 Å². The molecule has 5 nitrogen and oxygen atoms in total. The Balaban J connectivity index is 2.34. The van der Waals surface area contributed by atoms with E-state index in [4.69, 9.17) is 9.47 Å². The van der Waals surface area contributed by atoms with Gasteiger partial charge in [0.25, 0.3) is 0 Å². The van der Waals surface area contributed by atoms with Gasteiger partial charge >= 0.3 is 6.01 Å². The molecule has 1 aromatic carbocycles. The highest BCUT2D eigenvalue weighted by atomic mass is 16.5. The summed E-state index contributed by atoms with van der Waals surface area (Å²) in [5, 5.41) is 10.5. The van der Waals surface area contributed by atoms with E-state index in [1.54, 1.807) is 6.20 Å². The lowest BCUT2D eigenvalue weighted by molar-refractivity contribution is 0.207. The molecule has 0 saturated heterocycles. The first-order valence-corrected chi connectivity index (χ1v) is 7.02. The number of rotatable bonds is 6. The Hall–Kier alpha value is -2.14. The van der Waals surface area contributed by atoms with Gasteiger partial charge in [-0.3, -0.25) is 0 Å². The molecule has 0 unspecified atom stereocenters. The third-order valence-electron chi connectivity index (χ3n) is 3.00. The smallest absolute Gasteiger partial charge is 0.319 e. The van der Waals surface area contributed by atoms with Gasteiger partial charge in [-0.25, -0.2) is 4.98 Å². The van der Waals surface area contributed by atoms with Gasteiger partial charge in [0.05, 0.1) is 18.8 Å². The third kappa shape index (κ3) is 3.70. The second kappa shape index (κ2) is 7.04. The molecule has 0 spiro atoms. The zero-order valence-corrected chi connectivity index (χ0v) is 12.5. The molecule has 1 N–H and O–H groups in total. The maximum atomic E-state index is 10.5. The van der Waals surface area contributed by atoms with Crippen molar-refractivity contribution < 1.29 is 14.6 Å². The molecule has 0 aliphatic heterocycles. The van der Waals surface area contributed by atoms with E-state index in [1.807, 2.05) is 45.0 Å². The van der Waals surface area contributed by atoms with E-state index in [2.05, 4.69) is 9.97 Å². The van der Waals surface area contributed by atoms with Crippen LogP contribution in [-0.4, -0.2) is 28.3 Å². The van der Waals surface area contributed by atoms with E-state index < -0.39 is 6.10 Å². The van der Waals surface area contributed by atoms with Crippen LogP contribution in [0.3, 0.4) is 0 Å². The molecule has 1 atom stereocenters. The van der Waals surface area contributed by atoms with Crippen LogP contribution in [0.5, 0.6) is 11.9 Å². The highest BCUT2D eigenvalue weighted by Crippen LogP contribution is 2.29. The topological polar surface area (TPSA) is 64.5 Å². The highest BCUT2D eigenvalue weighted by molar-refractivity contribution is 5.36. The van der Waals surface area contributed by atoms with Crippen molar-refractivity contribution in [2.75, 3.05) is 13.2 Å². The van der Waals surface area contributed by atoms with Crippen LogP contribution >= 0.6 is 0 Å². The summed E-state index contributed by atoms with van der Waals surface area (Å²) in [6.45, 7) is 6.66. The Morgan fingerprint density at radius 2 is 1.76 bits per heavy atom. The first-order valence-electron chi connectivity index (χ1n) is 7.02. The molecule has 5 heteroatoms. The lowest BCUT2D eigenvalue weighted by Crippen LogP contribution is -2.08. The van der Waals surface area contributed by atoms with Gasteiger partial charge in [-0.05, 0) is 26.3 Å². The van der Waals surface area contributed by atoms with E-state index in [0.717, 1.165) is 11.1 Å². The van der Waals surface area contributed by atoms with Crippen molar-refractivity contribution >= 4 is 0 Å². The molecule has 0 saturated carbocycles. The van der Waals surface area contributed by atoms with Crippen molar-refractivity contribution in [2.45, 2.75) is 26.9 Å². The van der Waals surface area contributed by atoms with E-state index in [-0.39, 0.29) is 6.01 Å². The van der Waals surface area contributed by atoms with E-state index in [0.29, 0.717) is 24.7 Å². The fraction of sp³-hybridized carbons (Fsp3) is 0.375. The van der Waals surface area contributed by atoms with Crippen molar-refractivity contribution in [1.82, 2.24) is 9.97 Å². The summed E-state index contributed by atoms with van der Waals surface area (Å²) >= 11 is 0. The molecule has 21 heavy (non-hydrogen) atoms. The summed E-state index contributed by atoms with van der Waals surface area (Å²) in [6, 6.07) is 7.92. The number of aliphatic hydroxyl groups is 1. The predicted molar refractivity (Wildman–Crippen MR) is 79.6 cm³/mol. The Kier molecular flexibility index (Phi) is 5.11. The first kappa shape index (κ1) is 15.3. The molecule has 0 bridgehead atoms. The number of hydrogen-bond donors (Lipinski definition) is 1. The average molecular weight is 288 g/mol. The van der Waals surface area contributed by atoms with Gasteiger partial charge in [0.2, 0.25) is 5.88 Å². The maximum Gasteiger partial charge on any atom is 0.319 e. The Labute approximate surface area is 124 Å². The second-order valence-electron chi connectivity index (χ2n) is 4.59.